The monoisotopic (exact) mass is 971 g/mol. The first kappa shape index (κ1) is 65.5. The van der Waals surface area contributed by atoms with Crippen LogP contribution in [0.5, 0.6) is 0 Å². The van der Waals surface area contributed by atoms with Gasteiger partial charge in [0.2, 0.25) is 0 Å². The molecule has 6 fully saturated rings. The van der Waals surface area contributed by atoms with E-state index in [0.717, 1.165) is 15.0 Å². The van der Waals surface area contributed by atoms with E-state index in [1.54, 1.807) is 0 Å². The smallest absolute Gasteiger partial charge is 0.135 e. The molecular formula is C56H130N12+6. The van der Waals surface area contributed by atoms with Gasteiger partial charge in [0.15, 0.2) is 0 Å². The highest BCUT2D eigenvalue weighted by molar-refractivity contribution is 4.80. The first-order valence-electron chi connectivity index (χ1n) is 29.0. The number of hydrogen-bond donors (Lipinski definition) is 0. The van der Waals surface area contributed by atoms with Gasteiger partial charge in [0.25, 0.3) is 0 Å². The average molecular weight is 972 g/mol. The fraction of sp³-hybridized carbons (Fsp3) is 1.00. The van der Waals surface area contributed by atoms with Crippen molar-refractivity contribution < 1.29 is 26.9 Å². The summed E-state index contributed by atoms with van der Waals surface area (Å²) in [6.07, 6.45) is 2.54. The molecule has 0 aliphatic carbocycles. The number of nitrogens with zero attached hydrogens (tertiary/aromatic N) is 12. The van der Waals surface area contributed by atoms with Gasteiger partial charge in [-0.25, -0.2) is 14.7 Å². The van der Waals surface area contributed by atoms with Crippen LogP contribution >= 0.6 is 0 Å². The maximum Gasteiger partial charge on any atom is 0.135 e. The minimum Gasteiger partial charge on any atom is -0.315 e. The molecule has 6 rings (SSSR count). The van der Waals surface area contributed by atoms with Gasteiger partial charge in [-0.1, -0.05) is 20.8 Å². The van der Waals surface area contributed by atoms with Gasteiger partial charge >= 0.3 is 0 Å². The van der Waals surface area contributed by atoms with Crippen LogP contribution in [-0.4, -0.2) is 293 Å². The largest absolute Gasteiger partial charge is 0.315 e. The molecule has 0 unspecified atom stereocenters. The highest BCUT2D eigenvalue weighted by Crippen LogP contribution is 2.25. The highest BCUT2D eigenvalue weighted by atomic mass is 15.5. The van der Waals surface area contributed by atoms with Gasteiger partial charge in [0, 0.05) is 30.2 Å². The fourth-order valence-corrected chi connectivity index (χ4v) is 11.1. The van der Waals surface area contributed by atoms with E-state index in [1.165, 1.54) is 215 Å². The zero-order valence-corrected chi connectivity index (χ0v) is 51.2. The molecule has 408 valence electrons. The quantitative estimate of drug-likeness (QED) is 0.166. The van der Waals surface area contributed by atoms with Crippen LogP contribution in [0.25, 0.3) is 0 Å². The molecule has 0 saturated carbocycles. The van der Waals surface area contributed by atoms with Crippen molar-refractivity contribution in [3.8, 4) is 0 Å². The summed E-state index contributed by atoms with van der Waals surface area (Å²) in [5.41, 5.74) is 0.748. The lowest BCUT2D eigenvalue weighted by molar-refractivity contribution is -0.917. The summed E-state index contributed by atoms with van der Waals surface area (Å²) in [6, 6.07) is 0.725. The van der Waals surface area contributed by atoms with Crippen LogP contribution < -0.4 is 0 Å². The van der Waals surface area contributed by atoms with Crippen LogP contribution in [0.3, 0.4) is 0 Å². The molecule has 0 aromatic heterocycles. The van der Waals surface area contributed by atoms with Crippen LogP contribution in [0.15, 0.2) is 0 Å². The zero-order valence-electron chi connectivity index (χ0n) is 51.2. The standard InChI is InChI=1S/3C10H23N2.2C9H21N2.C8H19N2/c1-6-10(2,3)11-7-8-12(4,5)9-11;1-5-12(6-2)8-7-11(9-12)10(3)4;1-4-7-11-8-9-12(5-2,6-3)10-11;1-9(2,3)10-6-7-11(4,5)8-10;1-4-10-7-8-11(5-2,6-3)9-10;1-4-10(5-2)7-6-9(3)8-10/h6-9H2,1-5H3;10H,5-9H2,1-4H3;4-10H2,1-3H3;6-8H2,1-5H3;4-9H2,1-3H3;4-8H2,1-3H3/q6*+1. The summed E-state index contributed by atoms with van der Waals surface area (Å²) in [7, 11) is 11.4. The second-order valence-electron chi connectivity index (χ2n) is 25.6. The molecule has 0 aromatic rings. The summed E-state index contributed by atoms with van der Waals surface area (Å²) < 4.78 is 7.54. The fourth-order valence-electron chi connectivity index (χ4n) is 11.1. The summed E-state index contributed by atoms with van der Waals surface area (Å²) in [5.74, 6) is 0. The summed E-state index contributed by atoms with van der Waals surface area (Å²) >= 11 is 0. The van der Waals surface area contributed by atoms with Crippen molar-refractivity contribution in [1.29, 1.82) is 0 Å². The van der Waals surface area contributed by atoms with E-state index in [2.05, 4.69) is 189 Å². The number of likely N-dealkylation sites (N-methyl/N-ethyl adjacent to an activating group) is 8. The van der Waals surface area contributed by atoms with Crippen LogP contribution in [0, 0.1) is 0 Å². The SMILES string of the molecule is CC(C)(C)N1CC[N+](C)(C)C1.CCC(C)(C)N1CC[N+](C)(C)C1.CCCN1CC[N+](CC)(CC)C1.CCN1CC[N+](CC)(CC)C1.CC[N+]1(CC)CCN(C(C)C)C1.CC[N+]1(CC)CCN(C)C1. The number of hydrogen-bond acceptors (Lipinski definition) is 6. The predicted octanol–water partition coefficient (Wildman–Crippen LogP) is 7.59. The Hall–Kier alpha value is -0.480. The normalized spacial score (nSPS) is 24.5. The molecule has 68 heavy (non-hydrogen) atoms. The number of rotatable bonds is 14. The molecule has 6 saturated heterocycles. The Kier molecular flexibility index (Phi) is 28.4. The van der Waals surface area contributed by atoms with E-state index in [0.29, 0.717) is 11.1 Å². The van der Waals surface area contributed by atoms with Crippen LogP contribution in [0.4, 0.5) is 0 Å². The second kappa shape index (κ2) is 29.4. The topological polar surface area (TPSA) is 19.4 Å². The molecule has 6 aliphatic heterocycles. The zero-order chi connectivity index (χ0) is 52.3. The molecule has 0 atom stereocenters. The van der Waals surface area contributed by atoms with E-state index in [9.17, 15) is 0 Å². The van der Waals surface area contributed by atoms with E-state index >= 15 is 0 Å². The van der Waals surface area contributed by atoms with E-state index < -0.39 is 0 Å². The van der Waals surface area contributed by atoms with Gasteiger partial charge in [-0.05, 0) is 124 Å². The molecule has 0 aromatic carbocycles. The van der Waals surface area contributed by atoms with E-state index in [4.69, 9.17) is 0 Å². The number of quaternary nitrogens is 6. The molecule has 6 heterocycles. The van der Waals surface area contributed by atoms with Crippen molar-refractivity contribution in [2.45, 2.75) is 155 Å². The van der Waals surface area contributed by atoms with Gasteiger partial charge in [0.1, 0.15) is 40.0 Å². The van der Waals surface area contributed by atoms with E-state index in [-0.39, 0.29) is 0 Å². The van der Waals surface area contributed by atoms with Crippen molar-refractivity contribution in [3.05, 3.63) is 0 Å². The Morgan fingerprint density at radius 3 is 1.06 bits per heavy atom. The van der Waals surface area contributed by atoms with Crippen LogP contribution in [0.2, 0.25) is 0 Å². The maximum absolute atomic E-state index is 2.60. The van der Waals surface area contributed by atoms with Crippen molar-refractivity contribution in [2.24, 2.45) is 0 Å². The molecule has 0 spiro atoms. The molecule has 0 N–H and O–H groups in total. The Morgan fingerprint density at radius 1 is 0.426 bits per heavy atom. The van der Waals surface area contributed by atoms with Crippen LogP contribution in [0.1, 0.15) is 137 Å². The van der Waals surface area contributed by atoms with Gasteiger partial charge in [-0.2, -0.15) is 0 Å². The first-order chi connectivity index (χ1) is 31.6. The molecule has 0 amide bonds. The molecule has 0 bridgehead atoms. The lowest BCUT2D eigenvalue weighted by atomic mass is 10.0. The average Bonchev–Trinajstić information content (AvgIpc) is 4.18. The van der Waals surface area contributed by atoms with E-state index in [1.807, 2.05) is 0 Å². The highest BCUT2D eigenvalue weighted by Gasteiger charge is 2.38. The van der Waals surface area contributed by atoms with Crippen molar-refractivity contribution in [2.75, 3.05) is 219 Å². The van der Waals surface area contributed by atoms with Gasteiger partial charge in [-0.15, -0.1) is 0 Å². The minimum absolute atomic E-state index is 0.353. The third-order valence-corrected chi connectivity index (χ3v) is 18.4. The summed E-state index contributed by atoms with van der Waals surface area (Å²) in [6.45, 7) is 77.5. The molecule has 0 radical (unpaired) electrons. The summed E-state index contributed by atoms with van der Waals surface area (Å²) in [4.78, 5) is 15.3. The predicted molar refractivity (Wildman–Crippen MR) is 299 cm³/mol. The van der Waals surface area contributed by atoms with Crippen molar-refractivity contribution in [3.63, 3.8) is 0 Å². The molecule has 6 aliphatic rings. The lowest BCUT2D eigenvalue weighted by Crippen LogP contribution is -2.47. The third-order valence-electron chi connectivity index (χ3n) is 18.4. The lowest BCUT2D eigenvalue weighted by Gasteiger charge is -2.34. The first-order valence-corrected chi connectivity index (χ1v) is 29.0. The Balaban J connectivity index is 0.000000408. The third kappa shape index (κ3) is 21.2. The Morgan fingerprint density at radius 2 is 0.809 bits per heavy atom. The maximum atomic E-state index is 2.60. The van der Waals surface area contributed by atoms with Crippen molar-refractivity contribution in [1.82, 2.24) is 29.4 Å². The van der Waals surface area contributed by atoms with Gasteiger partial charge in [-0.3, -0.25) is 14.7 Å². The molecule has 12 nitrogen and oxygen atoms in total. The summed E-state index contributed by atoms with van der Waals surface area (Å²) in [5, 5.41) is 0. The Bertz CT molecular complexity index is 1310. The van der Waals surface area contributed by atoms with Crippen LogP contribution in [-0.2, 0) is 0 Å². The van der Waals surface area contributed by atoms with Gasteiger partial charge in [0.05, 0.1) is 159 Å². The van der Waals surface area contributed by atoms with Gasteiger partial charge < -0.3 is 26.9 Å². The van der Waals surface area contributed by atoms with Crippen molar-refractivity contribution >= 4 is 0 Å². The minimum atomic E-state index is 0.353. The molecular weight excluding hydrogens is 841 g/mol. The second-order valence-corrected chi connectivity index (χ2v) is 25.6. The Labute approximate surface area is 428 Å². The molecule has 12 heteroatoms.